The Hall–Kier alpha value is -0.900. The van der Waals surface area contributed by atoms with Crippen LogP contribution in [-0.2, 0) is 0 Å². The van der Waals surface area contributed by atoms with Crippen molar-refractivity contribution in [1.29, 1.82) is 0 Å². The zero-order chi connectivity index (χ0) is 9.56. The van der Waals surface area contributed by atoms with Crippen molar-refractivity contribution in [1.82, 2.24) is 3.97 Å². The minimum atomic E-state index is -0.882. The number of nitrogens with zero attached hydrogens (tertiary/aromatic N) is 1. The summed E-state index contributed by atoms with van der Waals surface area (Å²) >= 11 is 1.46. The average molecular weight is 187 g/mol. The van der Waals surface area contributed by atoms with Gasteiger partial charge in [-0.3, -0.25) is 3.97 Å². The van der Waals surface area contributed by atoms with E-state index in [1.165, 1.54) is 11.9 Å². The first-order chi connectivity index (χ1) is 5.74. The van der Waals surface area contributed by atoms with Crippen LogP contribution in [0.3, 0.4) is 0 Å². The minimum absolute atomic E-state index is 0.328. The summed E-state index contributed by atoms with van der Waals surface area (Å²) in [6.07, 6.45) is 5.17. The van der Waals surface area contributed by atoms with Gasteiger partial charge < -0.3 is 5.11 Å². The lowest BCUT2D eigenvalue weighted by atomic mass is 10.4. The molecule has 1 heterocycles. The summed E-state index contributed by atoms with van der Waals surface area (Å²) in [6, 6.07) is 1.57. The van der Waals surface area contributed by atoms with Crippen LogP contribution in [0.15, 0.2) is 18.5 Å². The fourth-order valence-electron chi connectivity index (χ4n) is 0.617. The fraction of sp³-hybridized carbons (Fsp3) is 0.375. The molecule has 0 saturated carbocycles. The van der Waals surface area contributed by atoms with Crippen molar-refractivity contribution in [3.05, 3.63) is 24.0 Å². The van der Waals surface area contributed by atoms with Crippen LogP contribution < -0.4 is 0 Å². The van der Waals surface area contributed by atoms with Gasteiger partial charge in [-0.05, 0) is 18.0 Å². The lowest BCUT2D eigenvalue weighted by molar-refractivity contribution is 0.0697. The van der Waals surface area contributed by atoms with Crippen LogP contribution in [0.4, 0.5) is 0 Å². The van der Waals surface area contributed by atoms with E-state index in [0.717, 1.165) is 0 Å². The van der Waals surface area contributed by atoms with Gasteiger partial charge in [-0.2, -0.15) is 0 Å². The van der Waals surface area contributed by atoms with Gasteiger partial charge in [0.05, 0.1) is 5.56 Å². The van der Waals surface area contributed by atoms with E-state index in [1.54, 1.807) is 22.4 Å². The van der Waals surface area contributed by atoms with Crippen LogP contribution >= 0.6 is 11.9 Å². The maximum Gasteiger partial charge on any atom is 0.337 e. The van der Waals surface area contributed by atoms with Crippen LogP contribution in [0.25, 0.3) is 0 Å². The first-order valence-corrected chi connectivity index (χ1v) is 4.88. The van der Waals surface area contributed by atoms with Gasteiger partial charge >= 0.3 is 5.97 Å². The van der Waals surface area contributed by atoms with Crippen molar-refractivity contribution in [3.63, 3.8) is 0 Å². The summed E-state index contributed by atoms with van der Waals surface area (Å²) in [5.74, 6) is -0.882. The van der Waals surface area contributed by atoms with Crippen molar-refractivity contribution in [2.75, 3.05) is 6.26 Å². The van der Waals surface area contributed by atoms with E-state index in [4.69, 9.17) is 5.11 Å². The number of hydrogen-bond acceptors (Lipinski definition) is 2. The SMILES string of the molecule is CC.CSn1ccc(C(=O)O)c1. The van der Waals surface area contributed by atoms with Crippen LogP contribution in [0.1, 0.15) is 24.2 Å². The molecule has 0 saturated heterocycles. The number of aromatic nitrogens is 1. The highest BCUT2D eigenvalue weighted by molar-refractivity contribution is 7.97. The van der Waals surface area contributed by atoms with Crippen molar-refractivity contribution < 1.29 is 9.90 Å². The number of carboxylic acids is 1. The molecule has 0 radical (unpaired) electrons. The average Bonchev–Trinajstić information content (AvgIpc) is 2.55. The number of rotatable bonds is 2. The van der Waals surface area contributed by atoms with Crippen molar-refractivity contribution in [3.8, 4) is 0 Å². The molecule has 0 aromatic carbocycles. The van der Waals surface area contributed by atoms with E-state index in [-0.39, 0.29) is 0 Å². The van der Waals surface area contributed by atoms with E-state index in [2.05, 4.69) is 0 Å². The maximum atomic E-state index is 10.3. The van der Waals surface area contributed by atoms with Gasteiger partial charge in [-0.15, -0.1) is 0 Å². The smallest absolute Gasteiger partial charge is 0.337 e. The van der Waals surface area contributed by atoms with Gasteiger partial charge in [-0.25, -0.2) is 4.79 Å². The molecule has 0 bridgehead atoms. The molecule has 4 heteroatoms. The Labute approximate surface area is 76.5 Å². The molecular formula is C8H13NO2S. The van der Waals surface area contributed by atoms with Crippen LogP contribution in [0, 0.1) is 0 Å². The molecule has 0 fully saturated rings. The Kier molecular flexibility index (Phi) is 5.28. The maximum absolute atomic E-state index is 10.3. The molecule has 0 amide bonds. The van der Waals surface area contributed by atoms with Crippen LogP contribution in [0.5, 0.6) is 0 Å². The third kappa shape index (κ3) is 3.00. The molecule has 12 heavy (non-hydrogen) atoms. The Morgan fingerprint density at radius 3 is 2.42 bits per heavy atom. The molecule has 1 aromatic heterocycles. The zero-order valence-electron chi connectivity index (χ0n) is 7.44. The molecule has 0 aliphatic heterocycles. The molecule has 1 N–H and O–H groups in total. The van der Waals surface area contributed by atoms with E-state index >= 15 is 0 Å². The number of aromatic carboxylic acids is 1. The summed E-state index contributed by atoms with van der Waals surface area (Å²) < 4.78 is 1.74. The Bertz CT molecular complexity index is 245. The lowest BCUT2D eigenvalue weighted by Gasteiger charge is -1.90. The summed E-state index contributed by atoms with van der Waals surface area (Å²) in [5, 5.41) is 8.47. The second kappa shape index (κ2) is 5.71. The van der Waals surface area contributed by atoms with Gasteiger partial charge in [0.15, 0.2) is 0 Å². The summed E-state index contributed by atoms with van der Waals surface area (Å²) in [6.45, 7) is 4.00. The molecule has 3 nitrogen and oxygen atoms in total. The number of carboxylic acid groups (broad SMARTS) is 1. The van der Waals surface area contributed by atoms with E-state index in [0.29, 0.717) is 5.56 Å². The first-order valence-electron chi connectivity index (χ1n) is 3.70. The van der Waals surface area contributed by atoms with Gasteiger partial charge in [0.25, 0.3) is 0 Å². The summed E-state index contributed by atoms with van der Waals surface area (Å²) in [5.41, 5.74) is 0.328. The quantitative estimate of drug-likeness (QED) is 0.772. The van der Waals surface area contributed by atoms with E-state index in [1.807, 2.05) is 20.1 Å². The van der Waals surface area contributed by atoms with Crippen molar-refractivity contribution in [2.24, 2.45) is 0 Å². The zero-order valence-corrected chi connectivity index (χ0v) is 8.26. The molecule has 1 rings (SSSR count). The third-order valence-corrected chi connectivity index (χ3v) is 1.77. The van der Waals surface area contributed by atoms with Crippen LogP contribution in [-0.4, -0.2) is 21.3 Å². The van der Waals surface area contributed by atoms with E-state index in [9.17, 15) is 4.79 Å². The molecule has 0 aliphatic rings. The van der Waals surface area contributed by atoms with Crippen molar-refractivity contribution >= 4 is 17.9 Å². The summed E-state index contributed by atoms with van der Waals surface area (Å²) in [4.78, 5) is 10.3. The predicted octanol–water partition coefficient (Wildman–Crippen LogP) is 2.34. The highest BCUT2D eigenvalue weighted by Crippen LogP contribution is 2.06. The number of carbonyl (C=O) groups is 1. The summed E-state index contributed by atoms with van der Waals surface area (Å²) in [7, 11) is 0. The normalized spacial score (nSPS) is 8.58. The third-order valence-electron chi connectivity index (χ3n) is 1.13. The van der Waals surface area contributed by atoms with Gasteiger partial charge in [0, 0.05) is 18.6 Å². The first kappa shape index (κ1) is 11.1. The number of hydrogen-bond donors (Lipinski definition) is 1. The van der Waals surface area contributed by atoms with Gasteiger partial charge in [-0.1, -0.05) is 13.8 Å². The molecule has 0 spiro atoms. The second-order valence-corrected chi connectivity index (χ2v) is 2.53. The fourth-order valence-corrected chi connectivity index (χ4v) is 1.02. The molecular weight excluding hydrogens is 174 g/mol. The lowest BCUT2D eigenvalue weighted by Crippen LogP contribution is -1.92. The van der Waals surface area contributed by atoms with E-state index < -0.39 is 5.97 Å². The highest BCUT2D eigenvalue weighted by atomic mass is 32.2. The standard InChI is InChI=1S/C6H7NO2S.C2H6/c1-10-7-3-2-5(4-7)6(8)9;1-2/h2-4H,1H3,(H,8,9);1-2H3. The Morgan fingerprint density at radius 1 is 1.58 bits per heavy atom. The largest absolute Gasteiger partial charge is 0.478 e. The molecule has 0 unspecified atom stereocenters. The minimum Gasteiger partial charge on any atom is -0.478 e. The predicted molar refractivity (Wildman–Crippen MR) is 51.7 cm³/mol. The molecule has 0 aliphatic carbocycles. The highest BCUT2D eigenvalue weighted by Gasteiger charge is 2.02. The van der Waals surface area contributed by atoms with Gasteiger partial charge in [0.2, 0.25) is 0 Å². The van der Waals surface area contributed by atoms with Gasteiger partial charge in [0.1, 0.15) is 0 Å². The monoisotopic (exact) mass is 187 g/mol. The molecule has 0 atom stereocenters. The second-order valence-electron chi connectivity index (χ2n) is 1.75. The Morgan fingerprint density at radius 2 is 2.17 bits per heavy atom. The topological polar surface area (TPSA) is 42.2 Å². The van der Waals surface area contributed by atoms with Crippen LogP contribution in [0.2, 0.25) is 0 Å². The molecule has 1 aromatic rings. The Balaban J connectivity index is 0.000000561. The van der Waals surface area contributed by atoms with Crippen molar-refractivity contribution in [2.45, 2.75) is 13.8 Å². The molecule has 68 valence electrons.